The van der Waals surface area contributed by atoms with Crippen molar-refractivity contribution in [3.8, 4) is 11.6 Å². The van der Waals surface area contributed by atoms with Gasteiger partial charge in [0.15, 0.2) is 0 Å². The van der Waals surface area contributed by atoms with Gasteiger partial charge in [-0.2, -0.15) is 4.98 Å². The van der Waals surface area contributed by atoms with E-state index in [1.165, 1.54) is 49.8 Å². The SMILES string of the molecule is C=CC(=O)Nc1cccc(Oc2nc(Nc3ccc(/C=C/CN4CCCCC4)cc3)nc3ccsc23)c1. The third-order valence-corrected chi connectivity index (χ3v) is 6.96. The number of carbonyl (C=O) groups is 1. The molecule has 0 aliphatic carbocycles. The second kappa shape index (κ2) is 11.8. The number of nitrogens with zero attached hydrogens (tertiary/aromatic N) is 3. The van der Waals surface area contributed by atoms with E-state index >= 15 is 0 Å². The minimum Gasteiger partial charge on any atom is -0.437 e. The van der Waals surface area contributed by atoms with E-state index in [0.717, 1.165) is 28.0 Å². The molecule has 1 amide bonds. The Balaban J connectivity index is 1.28. The van der Waals surface area contributed by atoms with E-state index in [0.29, 0.717) is 23.3 Å². The normalized spacial score (nSPS) is 14.1. The van der Waals surface area contributed by atoms with Gasteiger partial charge in [-0.15, -0.1) is 11.3 Å². The molecule has 2 aromatic heterocycles. The summed E-state index contributed by atoms with van der Waals surface area (Å²) in [6.07, 6.45) is 9.60. The number of fused-ring (bicyclic) bond motifs is 1. The lowest BCUT2D eigenvalue weighted by Crippen LogP contribution is -2.29. The summed E-state index contributed by atoms with van der Waals surface area (Å²) in [6.45, 7) is 6.88. The van der Waals surface area contributed by atoms with E-state index in [1.807, 2.05) is 35.7 Å². The Morgan fingerprint density at radius 1 is 1.05 bits per heavy atom. The number of amides is 1. The standard InChI is InChI=1S/C29H29N5O2S/c1-2-26(35)30-23-9-6-10-24(20-23)36-28-27-25(15-19-37-27)32-29(33-28)31-22-13-11-21(12-14-22)8-7-18-34-16-4-3-5-17-34/h2,6-15,19-20H,1,3-5,16-18H2,(H,30,35)(H,31,32,33)/b8-7+. The van der Waals surface area contributed by atoms with Crippen molar-refractivity contribution in [1.82, 2.24) is 14.9 Å². The lowest BCUT2D eigenvalue weighted by molar-refractivity contribution is -0.111. The molecule has 1 fully saturated rings. The van der Waals surface area contributed by atoms with Crippen LogP contribution in [0.2, 0.25) is 0 Å². The minimum atomic E-state index is -0.283. The zero-order valence-electron chi connectivity index (χ0n) is 20.5. The Bertz CT molecular complexity index is 1410. The summed E-state index contributed by atoms with van der Waals surface area (Å²) < 4.78 is 6.97. The van der Waals surface area contributed by atoms with Gasteiger partial charge in [-0.05, 0) is 73.3 Å². The van der Waals surface area contributed by atoms with Crippen LogP contribution >= 0.6 is 11.3 Å². The van der Waals surface area contributed by atoms with Crippen LogP contribution in [0.25, 0.3) is 16.3 Å². The van der Waals surface area contributed by atoms with Gasteiger partial charge in [0.2, 0.25) is 17.7 Å². The number of rotatable bonds is 9. The number of nitrogens with one attached hydrogen (secondary N) is 2. The Morgan fingerprint density at radius 3 is 2.70 bits per heavy atom. The van der Waals surface area contributed by atoms with E-state index in [1.54, 1.807) is 12.1 Å². The molecule has 37 heavy (non-hydrogen) atoms. The predicted molar refractivity (Wildman–Crippen MR) is 152 cm³/mol. The molecule has 1 saturated heterocycles. The van der Waals surface area contributed by atoms with Crippen molar-refractivity contribution in [2.24, 2.45) is 0 Å². The first-order chi connectivity index (χ1) is 18.2. The summed E-state index contributed by atoms with van der Waals surface area (Å²) in [5.41, 5.74) is 3.46. The van der Waals surface area contributed by atoms with Crippen molar-refractivity contribution in [2.45, 2.75) is 19.3 Å². The maximum Gasteiger partial charge on any atom is 0.247 e. The summed E-state index contributed by atoms with van der Waals surface area (Å²) in [4.78, 5) is 23.4. The minimum absolute atomic E-state index is 0.283. The van der Waals surface area contributed by atoms with Gasteiger partial charge < -0.3 is 15.4 Å². The number of hydrogen-bond acceptors (Lipinski definition) is 7. The summed E-state index contributed by atoms with van der Waals surface area (Å²) in [6, 6.07) is 17.3. The summed E-state index contributed by atoms with van der Waals surface area (Å²) in [5.74, 6) is 1.18. The molecule has 5 rings (SSSR count). The molecule has 1 aliphatic rings. The second-order valence-corrected chi connectivity index (χ2v) is 9.74. The van der Waals surface area contributed by atoms with Gasteiger partial charge in [-0.3, -0.25) is 9.69 Å². The second-order valence-electron chi connectivity index (χ2n) is 8.82. The average Bonchev–Trinajstić information content (AvgIpc) is 3.40. The summed E-state index contributed by atoms with van der Waals surface area (Å²) in [5, 5.41) is 8.00. The lowest BCUT2D eigenvalue weighted by atomic mass is 10.1. The van der Waals surface area contributed by atoms with E-state index < -0.39 is 0 Å². The number of anilines is 3. The van der Waals surface area contributed by atoms with Gasteiger partial charge in [0.25, 0.3) is 0 Å². The fraction of sp³-hybridized carbons (Fsp3) is 0.207. The smallest absolute Gasteiger partial charge is 0.247 e. The van der Waals surface area contributed by atoms with Crippen molar-refractivity contribution in [3.63, 3.8) is 0 Å². The van der Waals surface area contributed by atoms with Gasteiger partial charge in [0, 0.05) is 24.0 Å². The van der Waals surface area contributed by atoms with Crippen LogP contribution in [-0.2, 0) is 4.79 Å². The monoisotopic (exact) mass is 511 g/mol. The molecule has 188 valence electrons. The van der Waals surface area contributed by atoms with E-state index in [4.69, 9.17) is 4.74 Å². The summed E-state index contributed by atoms with van der Waals surface area (Å²) in [7, 11) is 0. The Kier molecular flexibility index (Phi) is 7.88. The third kappa shape index (κ3) is 6.61. The largest absolute Gasteiger partial charge is 0.437 e. The van der Waals surface area contributed by atoms with Crippen molar-refractivity contribution < 1.29 is 9.53 Å². The molecule has 8 heteroatoms. The molecule has 4 aromatic rings. The van der Waals surface area contributed by atoms with Gasteiger partial charge >= 0.3 is 0 Å². The van der Waals surface area contributed by atoms with Crippen molar-refractivity contribution in [2.75, 3.05) is 30.3 Å². The Labute approximate surface area is 220 Å². The molecule has 2 N–H and O–H groups in total. The first kappa shape index (κ1) is 24.7. The van der Waals surface area contributed by atoms with Gasteiger partial charge in [-0.1, -0.05) is 43.4 Å². The molecule has 0 saturated carbocycles. The molecule has 3 heterocycles. The highest BCUT2D eigenvalue weighted by Crippen LogP contribution is 2.33. The van der Waals surface area contributed by atoms with Crippen molar-refractivity contribution >= 4 is 50.9 Å². The highest BCUT2D eigenvalue weighted by molar-refractivity contribution is 7.17. The van der Waals surface area contributed by atoms with Gasteiger partial charge in [-0.25, -0.2) is 4.98 Å². The molecule has 1 aliphatic heterocycles. The number of carbonyl (C=O) groups excluding carboxylic acids is 1. The van der Waals surface area contributed by atoms with Crippen LogP contribution in [0.5, 0.6) is 11.6 Å². The molecular formula is C29H29N5O2S. The van der Waals surface area contributed by atoms with Gasteiger partial charge in [0.05, 0.1) is 5.52 Å². The molecule has 2 aromatic carbocycles. The molecule has 0 bridgehead atoms. The van der Waals surface area contributed by atoms with Gasteiger partial charge in [0.1, 0.15) is 10.4 Å². The maximum atomic E-state index is 11.6. The molecule has 0 spiro atoms. The fourth-order valence-corrected chi connectivity index (χ4v) is 4.95. The van der Waals surface area contributed by atoms with Crippen LogP contribution in [-0.4, -0.2) is 40.4 Å². The van der Waals surface area contributed by atoms with Crippen LogP contribution in [0.4, 0.5) is 17.3 Å². The zero-order valence-corrected chi connectivity index (χ0v) is 21.3. The number of aromatic nitrogens is 2. The van der Waals surface area contributed by atoms with Crippen LogP contribution in [0.1, 0.15) is 24.8 Å². The van der Waals surface area contributed by atoms with Crippen molar-refractivity contribution in [3.05, 3.63) is 84.3 Å². The predicted octanol–water partition coefficient (Wildman–Crippen LogP) is 6.85. The molecule has 0 radical (unpaired) electrons. The van der Waals surface area contributed by atoms with E-state index in [9.17, 15) is 4.79 Å². The number of thiophene rings is 1. The zero-order chi connectivity index (χ0) is 25.5. The van der Waals surface area contributed by atoms with Crippen LogP contribution in [0.15, 0.2) is 78.7 Å². The molecule has 7 nitrogen and oxygen atoms in total. The van der Waals surface area contributed by atoms with Crippen LogP contribution < -0.4 is 15.4 Å². The maximum absolute atomic E-state index is 11.6. The first-order valence-corrected chi connectivity index (χ1v) is 13.3. The number of likely N-dealkylation sites (tertiary alicyclic amines) is 1. The summed E-state index contributed by atoms with van der Waals surface area (Å²) >= 11 is 1.51. The van der Waals surface area contributed by atoms with E-state index in [2.05, 4.69) is 56.4 Å². The van der Waals surface area contributed by atoms with Crippen LogP contribution in [0, 0.1) is 0 Å². The molecular weight excluding hydrogens is 482 g/mol. The third-order valence-electron chi connectivity index (χ3n) is 6.06. The topological polar surface area (TPSA) is 79.4 Å². The first-order valence-electron chi connectivity index (χ1n) is 12.4. The quantitative estimate of drug-likeness (QED) is 0.239. The Morgan fingerprint density at radius 2 is 1.89 bits per heavy atom. The molecule has 0 unspecified atom stereocenters. The highest BCUT2D eigenvalue weighted by Gasteiger charge is 2.13. The van der Waals surface area contributed by atoms with Crippen molar-refractivity contribution in [1.29, 1.82) is 0 Å². The number of benzene rings is 2. The fourth-order valence-electron chi connectivity index (χ4n) is 4.19. The molecule has 0 atom stereocenters. The Hall–Kier alpha value is -4.01. The lowest BCUT2D eigenvalue weighted by Gasteiger charge is -2.24. The number of ether oxygens (including phenoxy) is 1. The number of hydrogen-bond donors (Lipinski definition) is 2. The highest BCUT2D eigenvalue weighted by atomic mass is 32.1. The van der Waals surface area contributed by atoms with Crippen LogP contribution in [0.3, 0.4) is 0 Å². The number of piperidine rings is 1. The van der Waals surface area contributed by atoms with E-state index in [-0.39, 0.29) is 5.91 Å². The average molecular weight is 512 g/mol.